The van der Waals surface area contributed by atoms with E-state index in [1.54, 1.807) is 0 Å². The van der Waals surface area contributed by atoms with E-state index < -0.39 is 45.1 Å². The van der Waals surface area contributed by atoms with E-state index in [1.807, 2.05) is 6.19 Å². The van der Waals surface area contributed by atoms with Gasteiger partial charge < -0.3 is 14.8 Å². The minimum atomic E-state index is -10.0. The number of nitriles is 1. The van der Waals surface area contributed by atoms with Gasteiger partial charge in [0.2, 0.25) is 5.91 Å². The smallest absolute Gasteiger partial charge is 0.310 e. The van der Waals surface area contributed by atoms with Crippen LogP contribution in [0.15, 0.2) is 53.7 Å². The van der Waals surface area contributed by atoms with Crippen LogP contribution in [-0.4, -0.2) is 67.3 Å². The van der Waals surface area contributed by atoms with Gasteiger partial charge in [0.15, 0.2) is 6.19 Å². The Morgan fingerprint density at radius 2 is 1.92 bits per heavy atom. The van der Waals surface area contributed by atoms with Gasteiger partial charge in [-0.3, -0.25) is 24.4 Å². The number of methoxy groups -OCH3 is 1. The van der Waals surface area contributed by atoms with Crippen molar-refractivity contribution in [2.45, 2.75) is 29.5 Å². The molecular formula is C24H26F5N5O4S. The molecule has 1 aromatic carbocycles. The molecule has 3 unspecified atom stereocenters. The Kier molecular flexibility index (Phi) is 7.26. The van der Waals surface area contributed by atoms with E-state index in [4.69, 9.17) is 9.47 Å². The third kappa shape index (κ3) is 6.40. The van der Waals surface area contributed by atoms with Crippen LogP contribution in [-0.2, 0) is 19.1 Å². The summed E-state index contributed by atoms with van der Waals surface area (Å²) in [6, 6.07) is 2.21. The SMILES string of the molecule is COC1CC(C(=O)N(c2ccc(S(F)(F)(F)(F)F)cc2)C(C(=O)NCC2COC2)c2cccnc2)N(C#N)C1. The van der Waals surface area contributed by atoms with Gasteiger partial charge in [-0.05, 0) is 30.3 Å². The van der Waals surface area contributed by atoms with Gasteiger partial charge in [0.05, 0.1) is 25.9 Å². The van der Waals surface area contributed by atoms with Crippen LogP contribution in [0.3, 0.4) is 0 Å². The topological polar surface area (TPSA) is 108 Å². The molecule has 2 amide bonds. The number of hydrogen-bond acceptors (Lipinski definition) is 7. The Morgan fingerprint density at radius 3 is 2.44 bits per heavy atom. The van der Waals surface area contributed by atoms with Crippen LogP contribution in [0.4, 0.5) is 25.1 Å². The first-order valence-corrected chi connectivity index (χ1v) is 13.8. The standard InChI is InChI=1S/C24H26F5N5O4S/c1-37-19-9-21(33(12-19)15-30)24(36)34(18-4-6-20(7-5-18)39(25,26,27,28)29)22(17-3-2-8-31-11-17)23(35)32-10-16-13-38-14-16/h2-8,11,16,19,21-22H,9-10,12-14H2,1H3,(H,32,35). The normalized spacial score (nSPS) is 22.1. The number of hydrogen-bond donors (Lipinski definition) is 1. The highest BCUT2D eigenvalue weighted by Crippen LogP contribution is 3.02. The summed E-state index contributed by atoms with van der Waals surface area (Å²) in [4.78, 5) is 31.5. The Balaban J connectivity index is 1.80. The molecule has 4 rings (SSSR count). The maximum Gasteiger partial charge on any atom is 0.310 e. The highest BCUT2D eigenvalue weighted by atomic mass is 32.5. The summed E-state index contributed by atoms with van der Waals surface area (Å²) >= 11 is 0. The highest BCUT2D eigenvalue weighted by molar-refractivity contribution is 8.45. The van der Waals surface area contributed by atoms with E-state index in [9.17, 15) is 34.3 Å². The fourth-order valence-electron chi connectivity index (χ4n) is 4.44. The number of carbonyl (C=O) groups excluding carboxylic acids is 2. The van der Waals surface area contributed by atoms with Crippen molar-refractivity contribution in [1.29, 1.82) is 5.26 Å². The van der Waals surface area contributed by atoms with Crippen molar-refractivity contribution in [1.82, 2.24) is 15.2 Å². The summed E-state index contributed by atoms with van der Waals surface area (Å²) in [7, 11) is -8.60. The fraction of sp³-hybridized carbons (Fsp3) is 0.417. The van der Waals surface area contributed by atoms with Crippen LogP contribution in [0.25, 0.3) is 0 Å². The monoisotopic (exact) mass is 575 g/mol. The van der Waals surface area contributed by atoms with Crippen LogP contribution >= 0.6 is 10.2 Å². The van der Waals surface area contributed by atoms with Gasteiger partial charge >= 0.3 is 10.2 Å². The fourth-order valence-corrected chi connectivity index (χ4v) is 5.09. The molecule has 3 heterocycles. The number of rotatable bonds is 9. The largest absolute Gasteiger partial charge is 0.381 e. The van der Waals surface area contributed by atoms with E-state index in [0.717, 1.165) is 9.80 Å². The number of halogens is 5. The molecule has 0 aliphatic carbocycles. The first-order valence-electron chi connectivity index (χ1n) is 11.8. The van der Waals surface area contributed by atoms with Crippen LogP contribution in [0.5, 0.6) is 0 Å². The van der Waals surface area contributed by atoms with Gasteiger partial charge in [-0.2, -0.15) is 5.26 Å². The molecule has 0 radical (unpaired) electrons. The molecule has 39 heavy (non-hydrogen) atoms. The Morgan fingerprint density at radius 1 is 1.23 bits per heavy atom. The molecule has 2 fully saturated rings. The summed E-state index contributed by atoms with van der Waals surface area (Å²) in [6.07, 6.45) is 4.21. The molecule has 2 aromatic rings. The number of likely N-dealkylation sites (tertiary alicyclic amines) is 1. The number of nitrogens with zero attached hydrogens (tertiary/aromatic N) is 4. The van der Waals surface area contributed by atoms with Gasteiger partial charge in [-0.15, -0.1) is 0 Å². The van der Waals surface area contributed by atoms with Crippen molar-refractivity contribution in [3.63, 3.8) is 0 Å². The minimum absolute atomic E-state index is 0.0378. The van der Waals surface area contributed by atoms with Crippen LogP contribution in [0.1, 0.15) is 18.0 Å². The number of benzene rings is 1. The number of ether oxygens (including phenoxy) is 2. The summed E-state index contributed by atoms with van der Waals surface area (Å²) in [5.74, 6) is -1.44. The van der Waals surface area contributed by atoms with E-state index in [2.05, 4.69) is 10.3 Å². The number of amides is 2. The van der Waals surface area contributed by atoms with E-state index in [1.165, 1.54) is 31.6 Å². The zero-order chi connectivity index (χ0) is 28.5. The van der Waals surface area contributed by atoms with Gasteiger partial charge in [0.25, 0.3) is 5.91 Å². The van der Waals surface area contributed by atoms with E-state index >= 15 is 0 Å². The summed E-state index contributed by atoms with van der Waals surface area (Å²) < 4.78 is 77.5. The predicted octanol–water partition coefficient (Wildman–Crippen LogP) is 4.15. The summed E-state index contributed by atoms with van der Waals surface area (Å²) in [5.41, 5.74) is -0.0323. The zero-order valence-electron chi connectivity index (χ0n) is 20.7. The predicted molar refractivity (Wildman–Crippen MR) is 131 cm³/mol. The second-order valence-electron chi connectivity index (χ2n) is 9.37. The second kappa shape index (κ2) is 9.92. The minimum Gasteiger partial charge on any atom is -0.381 e. The Hall–Kier alpha value is -3.48. The molecule has 2 saturated heterocycles. The van der Waals surface area contributed by atoms with E-state index in [0.29, 0.717) is 25.3 Å². The van der Waals surface area contributed by atoms with Crippen molar-refractivity contribution < 1.29 is 38.5 Å². The molecule has 9 nitrogen and oxygen atoms in total. The number of anilines is 1. The molecule has 2 aliphatic rings. The molecule has 15 heteroatoms. The lowest BCUT2D eigenvalue weighted by atomic mass is 10.0. The third-order valence-electron chi connectivity index (χ3n) is 6.59. The summed E-state index contributed by atoms with van der Waals surface area (Å²) in [5, 5.41) is 12.4. The maximum absolute atomic E-state index is 14.0. The Labute approximate surface area is 221 Å². The van der Waals surface area contributed by atoms with E-state index in [-0.39, 0.29) is 48.8 Å². The lowest BCUT2D eigenvalue weighted by Crippen LogP contribution is -2.51. The highest BCUT2D eigenvalue weighted by Gasteiger charge is 2.65. The number of nitrogens with one attached hydrogen (secondary N) is 1. The first-order chi connectivity index (χ1) is 18.2. The van der Waals surface area contributed by atoms with Crippen LogP contribution in [0, 0.1) is 17.4 Å². The molecule has 0 bridgehead atoms. The van der Waals surface area contributed by atoms with Crippen LogP contribution in [0.2, 0.25) is 0 Å². The van der Waals surface area contributed by atoms with Crippen molar-refractivity contribution in [3.8, 4) is 6.19 Å². The lowest BCUT2D eigenvalue weighted by molar-refractivity contribution is -0.128. The number of carbonyl (C=O) groups is 2. The van der Waals surface area contributed by atoms with Crippen molar-refractivity contribution >= 4 is 27.7 Å². The molecule has 3 atom stereocenters. The zero-order valence-corrected chi connectivity index (χ0v) is 21.5. The van der Waals surface area contributed by atoms with Gasteiger partial charge in [0.1, 0.15) is 17.0 Å². The van der Waals surface area contributed by atoms with Gasteiger partial charge in [-0.1, -0.05) is 25.5 Å². The van der Waals surface area contributed by atoms with Crippen LogP contribution < -0.4 is 10.2 Å². The lowest BCUT2D eigenvalue weighted by Gasteiger charge is -2.41. The quantitative estimate of drug-likeness (QED) is 0.354. The average molecular weight is 576 g/mol. The third-order valence-corrected chi connectivity index (χ3v) is 7.75. The first kappa shape index (κ1) is 28.5. The second-order valence-corrected chi connectivity index (χ2v) is 11.8. The van der Waals surface area contributed by atoms with Crippen molar-refractivity contribution in [3.05, 3.63) is 54.4 Å². The molecule has 0 spiro atoms. The summed E-state index contributed by atoms with van der Waals surface area (Å²) in [6.45, 7) is 1.13. The molecule has 0 saturated carbocycles. The molecule has 212 valence electrons. The molecule has 2 aliphatic heterocycles. The number of pyridine rings is 1. The van der Waals surface area contributed by atoms with Gasteiger partial charge in [0, 0.05) is 49.6 Å². The van der Waals surface area contributed by atoms with Crippen molar-refractivity contribution in [2.24, 2.45) is 5.92 Å². The van der Waals surface area contributed by atoms with Gasteiger partial charge in [-0.25, -0.2) is 0 Å². The maximum atomic E-state index is 14.0. The number of aromatic nitrogens is 1. The molecule has 1 N–H and O–H groups in total. The average Bonchev–Trinajstić information content (AvgIpc) is 3.29. The molecular weight excluding hydrogens is 549 g/mol. The molecule has 1 aromatic heterocycles. The Bertz CT molecular complexity index is 1260. The van der Waals surface area contributed by atoms with Crippen molar-refractivity contribution in [2.75, 3.05) is 38.3 Å².